The molecule has 26 heavy (non-hydrogen) atoms. The summed E-state index contributed by atoms with van der Waals surface area (Å²) < 4.78 is 5.68. The fraction of sp³-hybridized carbons (Fsp3) is 0.619. The van der Waals surface area contributed by atoms with Crippen molar-refractivity contribution in [2.24, 2.45) is 5.18 Å². The van der Waals surface area contributed by atoms with Crippen molar-refractivity contribution in [2.45, 2.75) is 63.6 Å². The summed E-state index contributed by atoms with van der Waals surface area (Å²) in [4.78, 5) is 13.6. The van der Waals surface area contributed by atoms with Crippen molar-refractivity contribution in [3.8, 4) is 12.3 Å². The van der Waals surface area contributed by atoms with Crippen LogP contribution in [0.1, 0.15) is 44.1 Å². The molecule has 140 valence electrons. The van der Waals surface area contributed by atoms with Crippen LogP contribution in [-0.4, -0.2) is 42.8 Å². The van der Waals surface area contributed by atoms with Crippen LogP contribution in [0.3, 0.4) is 0 Å². The standard InChI is InChI=1S/C21H29N3O2/c1-3-14-26-19-7-5-18(6-8-19)24-12-10-17(11-13-24)22-21-15-16(2)4-9-20(21)23-25/h1,4,9,15,17-19,22H,5-8,10-14H2,2H3/t18-,19-. The van der Waals surface area contributed by atoms with Crippen molar-refractivity contribution in [1.29, 1.82) is 0 Å². The third-order valence-electron chi connectivity index (χ3n) is 5.70. The molecule has 0 amide bonds. The van der Waals surface area contributed by atoms with E-state index in [0.717, 1.165) is 50.0 Å². The van der Waals surface area contributed by atoms with Crippen molar-refractivity contribution in [1.82, 2.24) is 4.90 Å². The molecule has 0 aromatic heterocycles. The second-order valence-corrected chi connectivity index (χ2v) is 7.51. The summed E-state index contributed by atoms with van der Waals surface area (Å²) in [5, 5.41) is 6.68. The topological polar surface area (TPSA) is 53.9 Å². The molecular weight excluding hydrogens is 326 g/mol. The van der Waals surface area contributed by atoms with Gasteiger partial charge in [0.15, 0.2) is 0 Å². The van der Waals surface area contributed by atoms with Gasteiger partial charge in [0.1, 0.15) is 12.3 Å². The maximum atomic E-state index is 11.0. The molecule has 0 bridgehead atoms. The molecule has 1 aromatic carbocycles. The summed E-state index contributed by atoms with van der Waals surface area (Å²) in [5.41, 5.74) is 2.51. The minimum atomic E-state index is 0.345. The van der Waals surface area contributed by atoms with Gasteiger partial charge in [-0.15, -0.1) is 11.3 Å². The number of rotatable bonds is 6. The van der Waals surface area contributed by atoms with E-state index in [9.17, 15) is 4.91 Å². The Morgan fingerprint density at radius 2 is 1.96 bits per heavy atom. The molecule has 1 saturated carbocycles. The number of anilines is 1. The number of aryl methyl sites for hydroxylation is 1. The number of piperidine rings is 1. The first-order valence-electron chi connectivity index (χ1n) is 9.69. The number of ether oxygens (including phenoxy) is 1. The van der Waals surface area contributed by atoms with E-state index in [4.69, 9.17) is 11.2 Å². The zero-order chi connectivity index (χ0) is 18.4. The number of hydrogen-bond acceptors (Lipinski definition) is 5. The highest BCUT2D eigenvalue weighted by atomic mass is 16.5. The fourth-order valence-corrected chi connectivity index (χ4v) is 4.22. The molecule has 2 aliphatic rings. The number of hydrogen-bond donors (Lipinski definition) is 1. The molecule has 0 radical (unpaired) electrons. The van der Waals surface area contributed by atoms with Gasteiger partial charge in [-0.05, 0) is 68.3 Å². The lowest BCUT2D eigenvalue weighted by Gasteiger charge is -2.41. The Kier molecular flexibility index (Phi) is 6.65. The van der Waals surface area contributed by atoms with Crippen molar-refractivity contribution < 1.29 is 4.74 Å². The summed E-state index contributed by atoms with van der Waals surface area (Å²) in [6.45, 7) is 4.68. The lowest BCUT2D eigenvalue weighted by atomic mass is 9.90. The third kappa shape index (κ3) is 4.84. The van der Waals surface area contributed by atoms with Gasteiger partial charge in [-0.25, -0.2) is 0 Å². The predicted octanol–water partition coefficient (Wildman–Crippen LogP) is 4.23. The molecule has 1 aliphatic heterocycles. The summed E-state index contributed by atoms with van der Waals surface area (Å²) in [6.07, 6.45) is 12.4. The Bertz CT molecular complexity index is 639. The van der Waals surface area contributed by atoms with Crippen molar-refractivity contribution >= 4 is 11.4 Å². The molecule has 5 heteroatoms. The van der Waals surface area contributed by atoms with Gasteiger partial charge in [0, 0.05) is 25.2 Å². The van der Waals surface area contributed by atoms with Gasteiger partial charge in [-0.3, -0.25) is 0 Å². The molecule has 1 aromatic rings. The van der Waals surface area contributed by atoms with Crippen LogP contribution in [-0.2, 0) is 4.74 Å². The molecule has 0 unspecified atom stereocenters. The van der Waals surface area contributed by atoms with Crippen LogP contribution in [0.15, 0.2) is 23.4 Å². The Hall–Kier alpha value is -1.90. The van der Waals surface area contributed by atoms with Crippen LogP contribution in [0, 0.1) is 24.2 Å². The number of nitroso groups, excluding NO2 is 1. The summed E-state index contributed by atoms with van der Waals surface area (Å²) in [7, 11) is 0. The molecule has 1 heterocycles. The predicted molar refractivity (Wildman–Crippen MR) is 106 cm³/mol. The van der Waals surface area contributed by atoms with E-state index in [2.05, 4.69) is 21.3 Å². The van der Waals surface area contributed by atoms with Crippen LogP contribution in [0.5, 0.6) is 0 Å². The summed E-state index contributed by atoms with van der Waals surface area (Å²) in [6, 6.07) is 6.81. The van der Waals surface area contributed by atoms with Gasteiger partial charge in [0.25, 0.3) is 0 Å². The first-order valence-corrected chi connectivity index (χ1v) is 9.69. The number of benzene rings is 1. The zero-order valence-electron chi connectivity index (χ0n) is 15.6. The summed E-state index contributed by atoms with van der Waals surface area (Å²) >= 11 is 0. The SMILES string of the molecule is C#CCO[C@H]1CC[C@H](N2CCC(Nc3cc(C)ccc3N=O)CC2)CC1. The second kappa shape index (κ2) is 9.16. The second-order valence-electron chi connectivity index (χ2n) is 7.51. The van der Waals surface area contributed by atoms with Crippen LogP contribution in [0.25, 0.3) is 0 Å². The largest absolute Gasteiger partial charge is 0.380 e. The van der Waals surface area contributed by atoms with Crippen LogP contribution < -0.4 is 5.32 Å². The average Bonchev–Trinajstić information content (AvgIpc) is 2.68. The van der Waals surface area contributed by atoms with Gasteiger partial charge in [-0.1, -0.05) is 12.0 Å². The van der Waals surface area contributed by atoms with Gasteiger partial charge in [-0.2, -0.15) is 0 Å². The normalized spacial score (nSPS) is 24.8. The highest BCUT2D eigenvalue weighted by Crippen LogP contribution is 2.30. The Morgan fingerprint density at radius 1 is 1.23 bits per heavy atom. The molecule has 1 N–H and O–H groups in total. The smallest absolute Gasteiger partial charge is 0.131 e. The van der Waals surface area contributed by atoms with Crippen LogP contribution in [0.2, 0.25) is 0 Å². The number of terminal acetylenes is 1. The zero-order valence-corrected chi connectivity index (χ0v) is 15.6. The minimum absolute atomic E-state index is 0.345. The van der Waals surface area contributed by atoms with E-state index in [0.29, 0.717) is 30.5 Å². The lowest BCUT2D eigenvalue weighted by molar-refractivity contribution is 0.0190. The summed E-state index contributed by atoms with van der Waals surface area (Å²) in [5.74, 6) is 2.56. The first-order chi connectivity index (χ1) is 12.7. The van der Waals surface area contributed by atoms with Gasteiger partial charge < -0.3 is 15.0 Å². The highest BCUT2D eigenvalue weighted by Gasteiger charge is 2.29. The van der Waals surface area contributed by atoms with Crippen LogP contribution in [0.4, 0.5) is 11.4 Å². The lowest BCUT2D eigenvalue weighted by Crippen LogP contribution is -2.46. The molecule has 5 nitrogen and oxygen atoms in total. The quantitative estimate of drug-likeness (QED) is 0.613. The maximum absolute atomic E-state index is 11.0. The van der Waals surface area contributed by atoms with Crippen molar-refractivity contribution in [3.63, 3.8) is 0 Å². The van der Waals surface area contributed by atoms with Gasteiger partial charge in [0.05, 0.1) is 11.8 Å². The van der Waals surface area contributed by atoms with Gasteiger partial charge in [0.2, 0.25) is 0 Å². The van der Waals surface area contributed by atoms with E-state index in [-0.39, 0.29) is 0 Å². The van der Waals surface area contributed by atoms with E-state index < -0.39 is 0 Å². The Balaban J connectivity index is 1.46. The number of nitrogens with one attached hydrogen (secondary N) is 1. The minimum Gasteiger partial charge on any atom is -0.380 e. The molecule has 1 saturated heterocycles. The van der Waals surface area contributed by atoms with E-state index in [1.54, 1.807) is 6.07 Å². The Morgan fingerprint density at radius 3 is 2.62 bits per heavy atom. The number of likely N-dealkylation sites (tertiary alicyclic amines) is 1. The van der Waals surface area contributed by atoms with Gasteiger partial charge >= 0.3 is 0 Å². The third-order valence-corrected chi connectivity index (χ3v) is 5.70. The van der Waals surface area contributed by atoms with E-state index >= 15 is 0 Å². The fourth-order valence-electron chi connectivity index (χ4n) is 4.22. The van der Waals surface area contributed by atoms with Crippen LogP contribution >= 0.6 is 0 Å². The van der Waals surface area contributed by atoms with E-state index in [1.807, 2.05) is 19.1 Å². The molecule has 1 aliphatic carbocycles. The van der Waals surface area contributed by atoms with E-state index in [1.165, 1.54) is 12.8 Å². The molecule has 0 atom stereocenters. The monoisotopic (exact) mass is 355 g/mol. The maximum Gasteiger partial charge on any atom is 0.131 e. The first kappa shape index (κ1) is 18.9. The Labute approximate surface area is 156 Å². The molecule has 2 fully saturated rings. The van der Waals surface area contributed by atoms with Crippen molar-refractivity contribution in [2.75, 3.05) is 25.0 Å². The average molecular weight is 355 g/mol. The molecule has 0 spiro atoms. The molecule has 3 rings (SSSR count). The highest BCUT2D eigenvalue weighted by molar-refractivity contribution is 5.66. The van der Waals surface area contributed by atoms with Crippen molar-refractivity contribution in [3.05, 3.63) is 28.7 Å². The molecular formula is C21H29N3O2. The number of nitrogens with zero attached hydrogens (tertiary/aromatic N) is 2.